The van der Waals surface area contributed by atoms with E-state index in [0.717, 1.165) is 25.8 Å². The van der Waals surface area contributed by atoms with Crippen molar-refractivity contribution in [3.05, 3.63) is 65.5 Å². The van der Waals surface area contributed by atoms with Gasteiger partial charge in [-0.3, -0.25) is 9.59 Å². The number of aryl methyl sites for hydroxylation is 1. The molecule has 0 aromatic heterocycles. The second kappa shape index (κ2) is 11.8. The molecule has 0 aliphatic heterocycles. The first-order chi connectivity index (χ1) is 16.7. The van der Waals surface area contributed by atoms with Gasteiger partial charge in [0.2, 0.25) is 11.8 Å². The average molecular weight is 521 g/mol. The molecule has 0 spiro atoms. The summed E-state index contributed by atoms with van der Waals surface area (Å²) in [5, 5.41) is 2.92. The smallest absolute Gasteiger partial charge is 0.304 e. The van der Waals surface area contributed by atoms with E-state index in [9.17, 15) is 22.4 Å². The maximum atomic E-state index is 14.7. The summed E-state index contributed by atoms with van der Waals surface area (Å²) in [6.07, 6.45) is 0.305. The Morgan fingerprint density at radius 2 is 1.61 bits per heavy atom. The van der Waals surface area contributed by atoms with Crippen LogP contribution in [0, 0.1) is 12.7 Å². The molecular formula is C26H37FN4O4S. The molecule has 1 atom stereocenters. The summed E-state index contributed by atoms with van der Waals surface area (Å²) < 4.78 is 42.7. The van der Waals surface area contributed by atoms with Gasteiger partial charge in [-0.15, -0.1) is 0 Å². The molecule has 0 saturated heterocycles. The maximum absolute atomic E-state index is 14.7. The maximum Gasteiger partial charge on any atom is 0.304 e. The van der Waals surface area contributed by atoms with Crippen molar-refractivity contribution >= 4 is 27.7 Å². The molecule has 1 unspecified atom stereocenters. The summed E-state index contributed by atoms with van der Waals surface area (Å²) in [6.45, 7) is 8.63. The minimum absolute atomic E-state index is 0.0920. The number of para-hydroxylation sites is 1. The molecule has 2 amide bonds. The van der Waals surface area contributed by atoms with Crippen LogP contribution in [0.3, 0.4) is 0 Å². The van der Waals surface area contributed by atoms with Crippen LogP contribution in [0.1, 0.15) is 45.2 Å². The van der Waals surface area contributed by atoms with Crippen molar-refractivity contribution in [3.63, 3.8) is 0 Å². The van der Waals surface area contributed by atoms with Gasteiger partial charge in [0.1, 0.15) is 18.4 Å². The van der Waals surface area contributed by atoms with Crippen LogP contribution in [0.2, 0.25) is 0 Å². The fraction of sp³-hybridized carbons (Fsp3) is 0.462. The Labute approximate surface area is 214 Å². The number of nitrogens with one attached hydrogen (secondary N) is 1. The van der Waals surface area contributed by atoms with Gasteiger partial charge in [0, 0.05) is 26.2 Å². The highest BCUT2D eigenvalue weighted by atomic mass is 32.2. The number of benzene rings is 2. The molecule has 0 saturated carbocycles. The summed E-state index contributed by atoms with van der Waals surface area (Å²) >= 11 is 0. The Bertz CT molecular complexity index is 1180. The Kier molecular flexibility index (Phi) is 9.62. The van der Waals surface area contributed by atoms with Crippen molar-refractivity contribution in [1.29, 1.82) is 0 Å². The average Bonchev–Trinajstić information content (AvgIpc) is 2.77. The molecule has 0 heterocycles. The number of hydrogen-bond donors (Lipinski definition) is 1. The Morgan fingerprint density at radius 1 is 1.03 bits per heavy atom. The van der Waals surface area contributed by atoms with Crippen molar-refractivity contribution in [1.82, 2.24) is 14.5 Å². The summed E-state index contributed by atoms with van der Waals surface area (Å²) in [6, 6.07) is 12.0. The predicted molar refractivity (Wildman–Crippen MR) is 140 cm³/mol. The Balaban J connectivity index is 2.56. The van der Waals surface area contributed by atoms with Gasteiger partial charge >= 0.3 is 10.2 Å². The molecule has 1 N–H and O–H groups in total. The van der Waals surface area contributed by atoms with E-state index in [0.29, 0.717) is 6.42 Å². The number of rotatable bonds is 10. The SMILES string of the molecule is CCC(C(=O)NC(C)(C)C)N(Cc1ccccc1C)C(=O)CN(c1ccccc1F)S(=O)(=O)N(C)C. The number of halogens is 1. The van der Waals surface area contributed by atoms with Crippen LogP contribution in [0.5, 0.6) is 0 Å². The van der Waals surface area contributed by atoms with Crippen LogP contribution in [0.15, 0.2) is 48.5 Å². The van der Waals surface area contributed by atoms with E-state index in [4.69, 9.17) is 0 Å². The van der Waals surface area contributed by atoms with Crippen LogP contribution in [0.25, 0.3) is 0 Å². The number of anilines is 1. The van der Waals surface area contributed by atoms with Gasteiger partial charge in [-0.25, -0.2) is 8.70 Å². The van der Waals surface area contributed by atoms with E-state index in [1.54, 1.807) is 6.92 Å². The third-order valence-electron chi connectivity index (χ3n) is 5.63. The van der Waals surface area contributed by atoms with Crippen molar-refractivity contribution in [2.24, 2.45) is 0 Å². The summed E-state index contributed by atoms with van der Waals surface area (Å²) in [5.41, 5.74) is 0.964. The highest BCUT2D eigenvalue weighted by Crippen LogP contribution is 2.24. The molecular weight excluding hydrogens is 483 g/mol. The summed E-state index contributed by atoms with van der Waals surface area (Å²) in [5.74, 6) is -1.75. The molecule has 0 bridgehead atoms. The monoisotopic (exact) mass is 520 g/mol. The molecule has 2 rings (SSSR count). The van der Waals surface area contributed by atoms with Gasteiger partial charge in [0.05, 0.1) is 5.69 Å². The Morgan fingerprint density at radius 3 is 2.14 bits per heavy atom. The molecule has 0 fully saturated rings. The van der Waals surface area contributed by atoms with Gasteiger partial charge < -0.3 is 10.2 Å². The topological polar surface area (TPSA) is 90.0 Å². The lowest BCUT2D eigenvalue weighted by Crippen LogP contribution is -2.55. The van der Waals surface area contributed by atoms with Crippen LogP contribution in [-0.4, -0.2) is 61.7 Å². The molecule has 0 aliphatic rings. The number of carbonyl (C=O) groups is 2. The summed E-state index contributed by atoms with van der Waals surface area (Å²) in [7, 11) is -1.61. The van der Waals surface area contributed by atoms with E-state index in [2.05, 4.69) is 5.32 Å². The molecule has 0 radical (unpaired) electrons. The second-order valence-corrected chi connectivity index (χ2v) is 11.9. The molecule has 36 heavy (non-hydrogen) atoms. The zero-order valence-electron chi connectivity index (χ0n) is 22.1. The lowest BCUT2D eigenvalue weighted by atomic mass is 10.0. The van der Waals surface area contributed by atoms with E-state index in [1.807, 2.05) is 52.0 Å². The largest absolute Gasteiger partial charge is 0.350 e. The molecule has 2 aromatic rings. The molecule has 10 heteroatoms. The first-order valence-corrected chi connectivity index (χ1v) is 13.2. The van der Waals surface area contributed by atoms with E-state index in [-0.39, 0.29) is 18.1 Å². The second-order valence-electron chi connectivity index (χ2n) is 9.86. The minimum Gasteiger partial charge on any atom is -0.350 e. The van der Waals surface area contributed by atoms with Crippen molar-refractivity contribution in [2.75, 3.05) is 24.9 Å². The lowest BCUT2D eigenvalue weighted by molar-refractivity contribution is -0.141. The zero-order valence-corrected chi connectivity index (χ0v) is 22.9. The number of carbonyl (C=O) groups excluding carboxylic acids is 2. The highest BCUT2D eigenvalue weighted by Gasteiger charge is 2.35. The first-order valence-electron chi connectivity index (χ1n) is 11.8. The number of hydrogen-bond acceptors (Lipinski definition) is 4. The lowest BCUT2D eigenvalue weighted by Gasteiger charge is -2.35. The van der Waals surface area contributed by atoms with Crippen LogP contribution < -0.4 is 9.62 Å². The zero-order chi connectivity index (χ0) is 27.3. The molecule has 2 aromatic carbocycles. The van der Waals surface area contributed by atoms with E-state index in [1.165, 1.54) is 37.2 Å². The summed E-state index contributed by atoms with van der Waals surface area (Å²) in [4.78, 5) is 28.4. The van der Waals surface area contributed by atoms with Crippen molar-refractivity contribution in [2.45, 2.75) is 59.2 Å². The van der Waals surface area contributed by atoms with Gasteiger partial charge in [-0.05, 0) is 57.4 Å². The third-order valence-corrected chi connectivity index (χ3v) is 7.43. The van der Waals surface area contributed by atoms with Crippen LogP contribution in [0.4, 0.5) is 10.1 Å². The van der Waals surface area contributed by atoms with E-state index < -0.39 is 40.1 Å². The predicted octanol–water partition coefficient (Wildman–Crippen LogP) is 3.47. The normalized spacial score (nSPS) is 12.8. The highest BCUT2D eigenvalue weighted by molar-refractivity contribution is 7.90. The standard InChI is InChI=1S/C26H37FN4O4S/c1-8-22(25(33)28-26(3,4)5)30(17-20-14-10-9-13-19(20)2)24(32)18-31(36(34,35)29(6)7)23-16-12-11-15-21(23)27/h9-16,22H,8,17-18H2,1-7H3,(H,28,33). The fourth-order valence-corrected chi connectivity index (χ4v) is 4.76. The first kappa shape index (κ1) is 29.3. The van der Waals surface area contributed by atoms with Crippen molar-refractivity contribution in [3.8, 4) is 0 Å². The minimum atomic E-state index is -4.23. The van der Waals surface area contributed by atoms with Crippen molar-refractivity contribution < 1.29 is 22.4 Å². The quantitative estimate of drug-likeness (QED) is 0.520. The van der Waals surface area contributed by atoms with Crippen LogP contribution in [-0.2, 0) is 26.3 Å². The van der Waals surface area contributed by atoms with Gasteiger partial charge in [-0.2, -0.15) is 12.7 Å². The molecule has 8 nitrogen and oxygen atoms in total. The van der Waals surface area contributed by atoms with Gasteiger partial charge in [0.25, 0.3) is 0 Å². The number of nitrogens with zero attached hydrogens (tertiary/aromatic N) is 3. The third kappa shape index (κ3) is 7.27. The van der Waals surface area contributed by atoms with Gasteiger partial charge in [0.15, 0.2) is 0 Å². The molecule has 198 valence electrons. The number of amides is 2. The van der Waals surface area contributed by atoms with E-state index >= 15 is 0 Å². The fourth-order valence-electron chi connectivity index (χ4n) is 3.70. The Hall–Kier alpha value is -2.98. The van der Waals surface area contributed by atoms with Gasteiger partial charge in [-0.1, -0.05) is 43.3 Å². The molecule has 0 aliphatic carbocycles. The van der Waals surface area contributed by atoms with Crippen LogP contribution >= 0.6 is 0 Å².